The molecule has 0 aromatic rings. The highest BCUT2D eigenvalue weighted by molar-refractivity contribution is 5.86. The van der Waals surface area contributed by atoms with Crippen LogP contribution in [-0.2, 0) is 0 Å². The van der Waals surface area contributed by atoms with E-state index in [2.05, 4.69) is 17.2 Å². The highest BCUT2D eigenvalue weighted by Gasteiger charge is 2.30. The van der Waals surface area contributed by atoms with E-state index in [9.17, 15) is 0 Å². The molecule has 0 amide bonds. The molecule has 56 valence electrons. The van der Waals surface area contributed by atoms with E-state index in [1.807, 2.05) is 0 Å². The molecule has 2 heteroatoms. The van der Waals surface area contributed by atoms with Crippen LogP contribution in [0.1, 0.15) is 19.8 Å². The minimum Gasteiger partial charge on any atom is -0.372 e. The Morgan fingerprint density at radius 1 is 1.50 bits per heavy atom. The highest BCUT2D eigenvalue weighted by Crippen LogP contribution is 2.33. The van der Waals surface area contributed by atoms with Crippen LogP contribution in [0.2, 0.25) is 0 Å². The minimum absolute atomic E-state index is 0.789. The lowest BCUT2D eigenvalue weighted by atomic mass is 9.75. The normalized spacial score (nSPS) is 38.3. The Kier molecular flexibility index (Phi) is 1.40. The number of amidine groups is 1. The van der Waals surface area contributed by atoms with Crippen molar-refractivity contribution >= 4 is 5.84 Å². The topological polar surface area (TPSA) is 24.4 Å². The van der Waals surface area contributed by atoms with Gasteiger partial charge in [-0.25, -0.2) is 0 Å². The van der Waals surface area contributed by atoms with Crippen molar-refractivity contribution in [1.29, 1.82) is 0 Å². The highest BCUT2D eigenvalue weighted by atomic mass is 15.1. The van der Waals surface area contributed by atoms with Gasteiger partial charge in [0, 0.05) is 12.5 Å². The maximum atomic E-state index is 4.40. The van der Waals surface area contributed by atoms with Crippen molar-refractivity contribution < 1.29 is 0 Å². The first-order chi connectivity index (χ1) is 4.86. The van der Waals surface area contributed by atoms with E-state index in [0.29, 0.717) is 0 Å². The summed E-state index contributed by atoms with van der Waals surface area (Å²) >= 11 is 0. The van der Waals surface area contributed by atoms with Gasteiger partial charge in [0.15, 0.2) is 0 Å². The van der Waals surface area contributed by atoms with Gasteiger partial charge >= 0.3 is 0 Å². The van der Waals surface area contributed by atoms with Crippen LogP contribution in [0.3, 0.4) is 0 Å². The van der Waals surface area contributed by atoms with Gasteiger partial charge in [-0.05, 0) is 18.8 Å². The van der Waals surface area contributed by atoms with Crippen molar-refractivity contribution in [2.24, 2.45) is 16.8 Å². The van der Waals surface area contributed by atoms with Crippen molar-refractivity contribution in [2.75, 3.05) is 13.1 Å². The van der Waals surface area contributed by atoms with Crippen molar-refractivity contribution in [3.8, 4) is 0 Å². The van der Waals surface area contributed by atoms with Gasteiger partial charge in [0.2, 0.25) is 0 Å². The molecule has 2 nitrogen and oxygen atoms in total. The third-order valence-corrected chi connectivity index (χ3v) is 2.46. The molecule has 1 saturated carbocycles. The summed E-state index contributed by atoms with van der Waals surface area (Å²) in [5, 5.41) is 3.33. The predicted molar refractivity (Wildman–Crippen MR) is 42.2 cm³/mol. The summed E-state index contributed by atoms with van der Waals surface area (Å²) in [6, 6.07) is 0. The summed E-state index contributed by atoms with van der Waals surface area (Å²) in [4.78, 5) is 4.40. The molecule has 0 spiro atoms. The smallest absolute Gasteiger partial charge is 0.0996 e. The number of aliphatic imine (C=N–C) groups is 1. The third kappa shape index (κ3) is 0.917. The maximum Gasteiger partial charge on any atom is 0.0996 e. The van der Waals surface area contributed by atoms with Gasteiger partial charge in [0.05, 0.1) is 12.4 Å². The predicted octanol–water partition coefficient (Wildman–Crippen LogP) is 1.03. The van der Waals surface area contributed by atoms with Crippen molar-refractivity contribution in [2.45, 2.75) is 19.8 Å². The summed E-state index contributed by atoms with van der Waals surface area (Å²) in [5.41, 5.74) is 0. The summed E-state index contributed by atoms with van der Waals surface area (Å²) in [6.45, 7) is 4.38. The van der Waals surface area contributed by atoms with E-state index in [1.165, 1.54) is 18.7 Å². The van der Waals surface area contributed by atoms with E-state index in [1.54, 1.807) is 0 Å². The second kappa shape index (κ2) is 2.26. The van der Waals surface area contributed by atoms with Crippen LogP contribution in [0.15, 0.2) is 4.99 Å². The molecular weight excluding hydrogens is 124 g/mol. The van der Waals surface area contributed by atoms with Crippen LogP contribution in [-0.4, -0.2) is 18.9 Å². The Labute approximate surface area is 61.7 Å². The first-order valence-corrected chi connectivity index (χ1v) is 4.14. The van der Waals surface area contributed by atoms with E-state index in [0.717, 1.165) is 24.9 Å². The van der Waals surface area contributed by atoms with Gasteiger partial charge in [-0.1, -0.05) is 6.92 Å². The molecule has 10 heavy (non-hydrogen) atoms. The molecule has 0 aromatic heterocycles. The molecule has 1 heterocycles. The van der Waals surface area contributed by atoms with Gasteiger partial charge in [-0.15, -0.1) is 0 Å². The summed E-state index contributed by atoms with van der Waals surface area (Å²) in [5.74, 6) is 3.02. The number of hydrogen-bond acceptors (Lipinski definition) is 2. The third-order valence-electron chi connectivity index (χ3n) is 2.46. The summed E-state index contributed by atoms with van der Waals surface area (Å²) < 4.78 is 0. The molecule has 0 saturated heterocycles. The Bertz CT molecular complexity index is 157. The molecule has 2 rings (SSSR count). The average molecular weight is 138 g/mol. The van der Waals surface area contributed by atoms with Crippen molar-refractivity contribution in [1.82, 2.24) is 5.32 Å². The number of nitrogens with one attached hydrogen (secondary N) is 1. The molecule has 0 atom stereocenters. The zero-order valence-corrected chi connectivity index (χ0v) is 6.43. The van der Waals surface area contributed by atoms with Crippen LogP contribution in [0.25, 0.3) is 0 Å². The lowest BCUT2D eigenvalue weighted by molar-refractivity contribution is 0.278. The number of hydrogen-bond donors (Lipinski definition) is 1. The SMILES string of the molecule is CC1CC(C2=NCCN2)C1. The van der Waals surface area contributed by atoms with Crippen LogP contribution >= 0.6 is 0 Å². The van der Waals surface area contributed by atoms with Crippen LogP contribution in [0.5, 0.6) is 0 Å². The molecule has 0 aromatic carbocycles. The Morgan fingerprint density at radius 2 is 2.30 bits per heavy atom. The lowest BCUT2D eigenvalue weighted by Crippen LogP contribution is -2.35. The standard InChI is InChI=1S/C8H14N2/c1-6-4-7(5-6)8-9-2-3-10-8/h6-7H,2-5H2,1H3,(H,9,10). The largest absolute Gasteiger partial charge is 0.372 e. The van der Waals surface area contributed by atoms with Gasteiger partial charge in [-0.3, -0.25) is 4.99 Å². The molecule has 1 fully saturated rings. The zero-order valence-electron chi connectivity index (χ0n) is 6.43. The molecule has 1 aliphatic heterocycles. The van der Waals surface area contributed by atoms with E-state index in [-0.39, 0.29) is 0 Å². The second-order valence-corrected chi connectivity index (χ2v) is 3.47. The zero-order chi connectivity index (χ0) is 6.97. The molecular formula is C8H14N2. The molecule has 0 radical (unpaired) electrons. The number of nitrogens with zero attached hydrogens (tertiary/aromatic N) is 1. The van der Waals surface area contributed by atoms with E-state index in [4.69, 9.17) is 0 Å². The number of rotatable bonds is 1. The monoisotopic (exact) mass is 138 g/mol. The van der Waals surface area contributed by atoms with Crippen LogP contribution in [0, 0.1) is 11.8 Å². The Morgan fingerprint density at radius 3 is 2.80 bits per heavy atom. The molecule has 1 aliphatic carbocycles. The maximum absolute atomic E-state index is 4.40. The summed E-state index contributed by atoms with van der Waals surface area (Å²) in [6.07, 6.45) is 2.71. The Hall–Kier alpha value is -0.530. The van der Waals surface area contributed by atoms with Crippen LogP contribution in [0.4, 0.5) is 0 Å². The van der Waals surface area contributed by atoms with Crippen molar-refractivity contribution in [3.05, 3.63) is 0 Å². The van der Waals surface area contributed by atoms with Gasteiger partial charge in [0.1, 0.15) is 0 Å². The molecule has 0 unspecified atom stereocenters. The average Bonchev–Trinajstić information content (AvgIpc) is 2.31. The minimum atomic E-state index is 0.789. The molecule has 0 bridgehead atoms. The molecule has 2 aliphatic rings. The first-order valence-electron chi connectivity index (χ1n) is 4.14. The fraction of sp³-hybridized carbons (Fsp3) is 0.875. The first kappa shape index (κ1) is 6.20. The molecule has 1 N–H and O–H groups in total. The second-order valence-electron chi connectivity index (χ2n) is 3.47. The van der Waals surface area contributed by atoms with Gasteiger partial charge in [-0.2, -0.15) is 0 Å². The van der Waals surface area contributed by atoms with E-state index < -0.39 is 0 Å². The van der Waals surface area contributed by atoms with Crippen LogP contribution < -0.4 is 5.32 Å². The van der Waals surface area contributed by atoms with Gasteiger partial charge in [0.25, 0.3) is 0 Å². The lowest BCUT2D eigenvalue weighted by Gasteiger charge is -2.32. The summed E-state index contributed by atoms with van der Waals surface area (Å²) in [7, 11) is 0. The Balaban J connectivity index is 1.89. The van der Waals surface area contributed by atoms with Crippen molar-refractivity contribution in [3.63, 3.8) is 0 Å². The quantitative estimate of drug-likeness (QED) is 0.575. The van der Waals surface area contributed by atoms with Gasteiger partial charge < -0.3 is 5.32 Å². The fourth-order valence-electron chi connectivity index (χ4n) is 1.82. The fourth-order valence-corrected chi connectivity index (χ4v) is 1.82. The van der Waals surface area contributed by atoms with E-state index >= 15 is 0 Å².